The molecule has 2 saturated heterocycles. The molecule has 1 spiro atoms. The quantitative estimate of drug-likeness (QED) is 0.782. The fourth-order valence-electron chi connectivity index (χ4n) is 4.71. The third-order valence-electron chi connectivity index (χ3n) is 5.81. The number of nitrogens with one attached hydrogen (secondary N) is 1. The SMILES string of the molecule is CCCCN1C(=O)[C@@H]2[C@H](C)[NH2+][C@@]3(C(=O)Nc4ccc(Cl)cc43)[C@@H]2C1=O. The highest BCUT2D eigenvalue weighted by molar-refractivity contribution is 6.31. The standard InChI is InChI=1S/C18H20ClN3O3/c1-3-4-7-22-15(23)13-9(2)21-18(14(13)16(22)24)11-8-10(19)5-6-12(11)20-17(18)25/h5-6,8-9,13-14,21H,3-4,7H2,1-2H3,(H,20,25)/p+1/t9-,13+,14-,18+/m0/s1. The number of halogens is 1. The van der Waals surface area contributed by atoms with Gasteiger partial charge in [0.2, 0.25) is 17.4 Å². The largest absolute Gasteiger partial charge is 0.326 e. The highest BCUT2D eigenvalue weighted by Gasteiger charge is 2.73. The van der Waals surface area contributed by atoms with Crippen molar-refractivity contribution in [3.05, 3.63) is 28.8 Å². The minimum atomic E-state index is -1.10. The van der Waals surface area contributed by atoms with E-state index < -0.39 is 17.4 Å². The molecule has 3 amide bonds. The van der Waals surface area contributed by atoms with Crippen molar-refractivity contribution >= 4 is 35.0 Å². The Balaban J connectivity index is 1.83. The van der Waals surface area contributed by atoms with Crippen molar-refractivity contribution in [1.29, 1.82) is 0 Å². The molecule has 1 aromatic rings. The zero-order chi connectivity index (χ0) is 17.9. The number of carbonyl (C=O) groups excluding carboxylic acids is 3. The lowest BCUT2D eigenvalue weighted by atomic mass is 9.76. The predicted octanol–water partition coefficient (Wildman–Crippen LogP) is 0.854. The number of anilines is 1. The van der Waals surface area contributed by atoms with Crippen LogP contribution in [0.1, 0.15) is 32.3 Å². The first-order valence-corrected chi connectivity index (χ1v) is 9.12. The van der Waals surface area contributed by atoms with Gasteiger partial charge in [0.15, 0.2) is 0 Å². The lowest BCUT2D eigenvalue weighted by molar-refractivity contribution is -0.730. The number of quaternary nitrogens is 1. The number of nitrogens with two attached hydrogens (primary N) is 1. The van der Waals surface area contributed by atoms with Gasteiger partial charge in [0.05, 0.1) is 11.7 Å². The average molecular weight is 363 g/mol. The summed E-state index contributed by atoms with van der Waals surface area (Å²) in [5.74, 6) is -1.76. The van der Waals surface area contributed by atoms with Crippen LogP contribution in [0.5, 0.6) is 0 Å². The van der Waals surface area contributed by atoms with Crippen LogP contribution in [0.2, 0.25) is 5.02 Å². The summed E-state index contributed by atoms with van der Waals surface area (Å²) in [6, 6.07) is 5.06. The zero-order valence-electron chi connectivity index (χ0n) is 14.2. The highest BCUT2D eigenvalue weighted by atomic mass is 35.5. The molecule has 0 bridgehead atoms. The van der Waals surface area contributed by atoms with Crippen LogP contribution in [-0.4, -0.2) is 35.2 Å². The van der Waals surface area contributed by atoms with Gasteiger partial charge in [-0.2, -0.15) is 0 Å². The molecule has 4 atom stereocenters. The molecule has 25 heavy (non-hydrogen) atoms. The van der Waals surface area contributed by atoms with Gasteiger partial charge in [0.1, 0.15) is 11.8 Å². The molecule has 4 rings (SSSR count). The number of rotatable bonds is 3. The molecule has 3 N–H and O–H groups in total. The summed E-state index contributed by atoms with van der Waals surface area (Å²) in [6.07, 6.45) is 1.68. The van der Waals surface area contributed by atoms with Crippen LogP contribution in [-0.2, 0) is 19.9 Å². The van der Waals surface area contributed by atoms with E-state index in [1.807, 2.05) is 19.2 Å². The molecule has 132 valence electrons. The summed E-state index contributed by atoms with van der Waals surface area (Å²) in [7, 11) is 0. The van der Waals surface area contributed by atoms with E-state index in [0.717, 1.165) is 12.8 Å². The van der Waals surface area contributed by atoms with Crippen molar-refractivity contribution in [1.82, 2.24) is 4.90 Å². The molecule has 1 aromatic carbocycles. The van der Waals surface area contributed by atoms with Crippen LogP contribution in [0, 0.1) is 11.8 Å². The Kier molecular flexibility index (Phi) is 3.67. The van der Waals surface area contributed by atoms with Crippen molar-refractivity contribution < 1.29 is 19.7 Å². The summed E-state index contributed by atoms with van der Waals surface area (Å²) in [5.41, 5.74) is 0.284. The average Bonchev–Trinajstić information content (AvgIpc) is 3.12. The molecule has 3 aliphatic heterocycles. The first-order chi connectivity index (χ1) is 11.9. The Hall–Kier alpha value is -1.92. The second-order valence-electron chi connectivity index (χ2n) is 7.22. The lowest BCUT2D eigenvalue weighted by Gasteiger charge is -2.25. The van der Waals surface area contributed by atoms with Gasteiger partial charge in [0.25, 0.3) is 5.91 Å². The number of imide groups is 1. The van der Waals surface area contributed by atoms with E-state index in [2.05, 4.69) is 5.32 Å². The van der Waals surface area contributed by atoms with Crippen LogP contribution >= 0.6 is 11.6 Å². The lowest BCUT2D eigenvalue weighted by Crippen LogP contribution is -2.98. The highest BCUT2D eigenvalue weighted by Crippen LogP contribution is 2.49. The predicted molar refractivity (Wildman–Crippen MR) is 91.8 cm³/mol. The fourth-order valence-corrected chi connectivity index (χ4v) is 4.88. The van der Waals surface area contributed by atoms with E-state index in [-0.39, 0.29) is 23.8 Å². The first-order valence-electron chi connectivity index (χ1n) is 8.74. The minimum absolute atomic E-state index is 0.146. The number of amides is 3. The zero-order valence-corrected chi connectivity index (χ0v) is 15.0. The third kappa shape index (κ3) is 2.04. The van der Waals surface area contributed by atoms with Gasteiger partial charge in [0, 0.05) is 17.1 Å². The monoisotopic (exact) mass is 362 g/mol. The van der Waals surface area contributed by atoms with Gasteiger partial charge in [-0.3, -0.25) is 19.3 Å². The van der Waals surface area contributed by atoms with Crippen LogP contribution in [0.15, 0.2) is 18.2 Å². The van der Waals surface area contributed by atoms with Crippen molar-refractivity contribution in [2.24, 2.45) is 11.8 Å². The maximum absolute atomic E-state index is 13.1. The molecule has 0 radical (unpaired) electrons. The third-order valence-corrected chi connectivity index (χ3v) is 6.05. The number of hydrogen-bond donors (Lipinski definition) is 2. The molecular formula is C18H21ClN3O3+. The maximum atomic E-state index is 13.1. The maximum Gasteiger partial charge on any atom is 0.291 e. The molecule has 6 nitrogen and oxygen atoms in total. The second-order valence-corrected chi connectivity index (χ2v) is 7.66. The van der Waals surface area contributed by atoms with E-state index in [1.54, 1.807) is 18.2 Å². The molecular weight excluding hydrogens is 342 g/mol. The van der Waals surface area contributed by atoms with Gasteiger partial charge >= 0.3 is 0 Å². The fraction of sp³-hybridized carbons (Fsp3) is 0.500. The number of carbonyl (C=O) groups is 3. The molecule has 3 heterocycles. The van der Waals surface area contributed by atoms with Crippen LogP contribution in [0.25, 0.3) is 0 Å². The smallest absolute Gasteiger partial charge is 0.291 e. The summed E-state index contributed by atoms with van der Waals surface area (Å²) in [5, 5.41) is 5.27. The van der Waals surface area contributed by atoms with Crippen LogP contribution in [0.4, 0.5) is 5.69 Å². The molecule has 3 aliphatic rings. The van der Waals surface area contributed by atoms with Crippen LogP contribution in [0.3, 0.4) is 0 Å². The summed E-state index contributed by atoms with van der Waals surface area (Å²) >= 11 is 6.16. The van der Waals surface area contributed by atoms with E-state index >= 15 is 0 Å². The summed E-state index contributed by atoms with van der Waals surface area (Å²) in [6.45, 7) is 4.36. The number of benzene rings is 1. The van der Waals surface area contributed by atoms with Gasteiger partial charge < -0.3 is 10.6 Å². The Labute approximate surface area is 150 Å². The normalized spacial score (nSPS) is 33.2. The van der Waals surface area contributed by atoms with E-state index in [0.29, 0.717) is 22.8 Å². The van der Waals surface area contributed by atoms with Crippen LogP contribution < -0.4 is 10.6 Å². The van der Waals surface area contributed by atoms with Gasteiger partial charge in [-0.25, -0.2) is 0 Å². The number of unbranched alkanes of at least 4 members (excludes halogenated alkanes) is 1. The number of fused-ring (bicyclic) bond motifs is 4. The molecule has 0 saturated carbocycles. The van der Waals surface area contributed by atoms with Gasteiger partial charge in [-0.15, -0.1) is 0 Å². The van der Waals surface area contributed by atoms with E-state index in [9.17, 15) is 14.4 Å². The van der Waals surface area contributed by atoms with Gasteiger partial charge in [-0.05, 0) is 31.5 Å². The Morgan fingerprint density at radius 1 is 1.28 bits per heavy atom. The number of hydrogen-bond acceptors (Lipinski definition) is 3. The van der Waals surface area contributed by atoms with Gasteiger partial charge in [-0.1, -0.05) is 24.9 Å². The summed E-state index contributed by atoms with van der Waals surface area (Å²) < 4.78 is 0. The minimum Gasteiger partial charge on any atom is -0.326 e. The van der Waals surface area contributed by atoms with E-state index in [1.165, 1.54) is 4.90 Å². The van der Waals surface area contributed by atoms with Crippen molar-refractivity contribution in [3.63, 3.8) is 0 Å². The van der Waals surface area contributed by atoms with E-state index in [4.69, 9.17) is 11.6 Å². The molecule has 0 aliphatic carbocycles. The van der Waals surface area contributed by atoms with Crippen molar-refractivity contribution in [3.8, 4) is 0 Å². The number of nitrogens with zero attached hydrogens (tertiary/aromatic N) is 1. The van der Waals surface area contributed by atoms with Crippen molar-refractivity contribution in [2.75, 3.05) is 11.9 Å². The topological polar surface area (TPSA) is 83.1 Å². The molecule has 0 unspecified atom stereocenters. The van der Waals surface area contributed by atoms with Crippen molar-refractivity contribution in [2.45, 2.75) is 38.3 Å². The molecule has 0 aromatic heterocycles. The molecule has 7 heteroatoms. The second kappa shape index (κ2) is 5.54. The Morgan fingerprint density at radius 2 is 2.04 bits per heavy atom. The Bertz CT molecular complexity index is 796. The molecule has 2 fully saturated rings. The Morgan fingerprint density at radius 3 is 2.76 bits per heavy atom. The number of likely N-dealkylation sites (tertiary alicyclic amines) is 1. The summed E-state index contributed by atoms with van der Waals surface area (Å²) in [4.78, 5) is 40.3. The first kappa shape index (κ1) is 16.5.